The largest absolute Gasteiger partial charge is 0.394 e. The van der Waals surface area contributed by atoms with E-state index in [1.807, 2.05) is 31.2 Å². The van der Waals surface area contributed by atoms with Crippen molar-refractivity contribution < 1.29 is 17.5 Å². The number of rotatable bonds is 1. The molecule has 0 aromatic heterocycles. The summed E-state index contributed by atoms with van der Waals surface area (Å²) in [6, 6.07) is 7.88. The number of aryl methyl sites for hydroxylation is 1. The molecule has 0 aliphatic heterocycles. The smallest absolute Gasteiger partial charge is 0.324 e. The van der Waals surface area contributed by atoms with Gasteiger partial charge in [-0.25, -0.2) is 0 Å². The molecule has 0 heterocycles. The molecule has 1 rings (SSSR count). The number of nitrogens with one attached hydrogen (secondary N) is 1. The van der Waals surface area contributed by atoms with Crippen molar-refractivity contribution in [2.75, 3.05) is 5.43 Å². The van der Waals surface area contributed by atoms with Crippen molar-refractivity contribution >= 4 is 16.1 Å². The topological polar surface area (TPSA) is 113 Å². The Morgan fingerprint density at radius 2 is 1.71 bits per heavy atom. The fourth-order valence-electron chi connectivity index (χ4n) is 0.735. The number of nitrogens with two attached hydrogens (primary N) is 1. The summed E-state index contributed by atoms with van der Waals surface area (Å²) >= 11 is 0. The predicted octanol–water partition coefficient (Wildman–Crippen LogP) is 0.628. The van der Waals surface area contributed by atoms with E-state index in [1.54, 1.807) is 0 Å². The van der Waals surface area contributed by atoms with Crippen LogP contribution in [0.25, 0.3) is 0 Å². The lowest BCUT2D eigenvalue weighted by Gasteiger charge is -2.01. The second-order valence-corrected chi connectivity index (χ2v) is 3.30. The molecule has 0 bridgehead atoms. The van der Waals surface area contributed by atoms with Crippen LogP contribution >= 0.6 is 0 Å². The Labute approximate surface area is 82.3 Å². The van der Waals surface area contributed by atoms with Gasteiger partial charge in [-0.05, 0) is 18.6 Å². The molecule has 0 radical (unpaired) electrons. The summed E-state index contributed by atoms with van der Waals surface area (Å²) in [6.07, 6.45) is 0. The summed E-state index contributed by atoms with van der Waals surface area (Å²) in [7, 11) is -4.67. The Kier molecular flexibility index (Phi) is 5.10. The van der Waals surface area contributed by atoms with Gasteiger partial charge in [-0.15, -0.1) is 0 Å². The normalized spacial score (nSPS) is 10.0. The second-order valence-electron chi connectivity index (χ2n) is 2.41. The Hall–Kier alpha value is -1.15. The van der Waals surface area contributed by atoms with E-state index >= 15 is 0 Å². The Morgan fingerprint density at radius 1 is 1.29 bits per heavy atom. The highest BCUT2D eigenvalue weighted by atomic mass is 32.3. The maximum absolute atomic E-state index is 8.74. The summed E-state index contributed by atoms with van der Waals surface area (Å²) in [5.74, 6) is 5.20. The van der Waals surface area contributed by atoms with Crippen molar-refractivity contribution in [2.45, 2.75) is 6.92 Å². The fourth-order valence-corrected chi connectivity index (χ4v) is 0.735. The van der Waals surface area contributed by atoms with Crippen LogP contribution in [-0.2, 0) is 10.4 Å². The van der Waals surface area contributed by atoms with Crippen LogP contribution in [0.5, 0.6) is 0 Å². The highest BCUT2D eigenvalue weighted by Crippen LogP contribution is 2.10. The molecule has 7 heteroatoms. The third-order valence-corrected chi connectivity index (χ3v) is 1.30. The first-order chi connectivity index (χ1) is 6.34. The van der Waals surface area contributed by atoms with Crippen molar-refractivity contribution in [1.82, 2.24) is 0 Å². The van der Waals surface area contributed by atoms with E-state index in [1.165, 1.54) is 5.56 Å². The minimum absolute atomic E-state index is 0.984. The zero-order valence-corrected chi connectivity index (χ0v) is 8.32. The maximum atomic E-state index is 8.74. The SMILES string of the molecule is Cc1ccccc1NN.O=S(=O)(O)O. The molecule has 0 saturated carbocycles. The summed E-state index contributed by atoms with van der Waals surface area (Å²) < 4.78 is 31.6. The average molecular weight is 220 g/mol. The number of nitrogen functional groups attached to an aromatic ring is 1. The van der Waals surface area contributed by atoms with Crippen molar-refractivity contribution in [1.29, 1.82) is 0 Å². The molecule has 0 saturated heterocycles. The number of hydrogen-bond acceptors (Lipinski definition) is 4. The van der Waals surface area contributed by atoms with Gasteiger partial charge in [0.05, 0.1) is 5.69 Å². The van der Waals surface area contributed by atoms with Crippen LogP contribution in [0.15, 0.2) is 24.3 Å². The molecule has 80 valence electrons. The van der Waals surface area contributed by atoms with Gasteiger partial charge in [0.25, 0.3) is 0 Å². The molecule has 1 aromatic carbocycles. The Morgan fingerprint density at radius 3 is 2.00 bits per heavy atom. The molecule has 14 heavy (non-hydrogen) atoms. The van der Waals surface area contributed by atoms with Crippen LogP contribution < -0.4 is 11.3 Å². The van der Waals surface area contributed by atoms with E-state index in [2.05, 4.69) is 5.43 Å². The van der Waals surface area contributed by atoms with Gasteiger partial charge >= 0.3 is 10.4 Å². The lowest BCUT2D eigenvalue weighted by atomic mass is 10.2. The third kappa shape index (κ3) is 7.50. The Balaban J connectivity index is 0.000000292. The third-order valence-electron chi connectivity index (χ3n) is 1.30. The maximum Gasteiger partial charge on any atom is 0.394 e. The molecule has 0 aliphatic rings. The minimum atomic E-state index is -4.67. The van der Waals surface area contributed by atoms with Gasteiger partial charge in [0.15, 0.2) is 0 Å². The summed E-state index contributed by atoms with van der Waals surface area (Å²) in [5, 5.41) is 0. The first-order valence-corrected chi connectivity index (χ1v) is 4.96. The van der Waals surface area contributed by atoms with Gasteiger partial charge in [0.2, 0.25) is 0 Å². The number of anilines is 1. The first kappa shape index (κ1) is 12.8. The molecule has 0 unspecified atom stereocenters. The monoisotopic (exact) mass is 220 g/mol. The molecular formula is C7H12N2O4S. The van der Waals surface area contributed by atoms with E-state index in [0.29, 0.717) is 0 Å². The zero-order chi connectivity index (χ0) is 11.2. The fraction of sp³-hybridized carbons (Fsp3) is 0.143. The van der Waals surface area contributed by atoms with E-state index in [0.717, 1.165) is 5.69 Å². The van der Waals surface area contributed by atoms with E-state index < -0.39 is 10.4 Å². The standard InChI is InChI=1S/C7H10N2.H2O4S/c1-6-4-2-3-5-7(6)9-8;1-5(2,3)4/h2-5,9H,8H2,1H3;(H2,1,2,3,4). The number of hydrogen-bond donors (Lipinski definition) is 4. The van der Waals surface area contributed by atoms with Crippen molar-refractivity contribution in [2.24, 2.45) is 5.84 Å². The lowest BCUT2D eigenvalue weighted by molar-refractivity contribution is 0.381. The summed E-state index contributed by atoms with van der Waals surface area (Å²) in [6.45, 7) is 2.01. The quantitative estimate of drug-likeness (QED) is 0.313. The molecule has 0 atom stereocenters. The van der Waals surface area contributed by atoms with Crippen molar-refractivity contribution in [3.63, 3.8) is 0 Å². The number of hydrazine groups is 1. The molecule has 0 spiro atoms. The van der Waals surface area contributed by atoms with Gasteiger partial charge < -0.3 is 5.43 Å². The number of benzene rings is 1. The molecule has 0 amide bonds. The molecule has 5 N–H and O–H groups in total. The molecule has 0 fully saturated rings. The minimum Gasteiger partial charge on any atom is -0.324 e. The second kappa shape index (κ2) is 5.55. The predicted molar refractivity (Wildman–Crippen MR) is 53.2 cm³/mol. The summed E-state index contributed by atoms with van der Waals surface area (Å²) in [5.41, 5.74) is 4.75. The van der Waals surface area contributed by atoms with Crippen LogP contribution in [0.4, 0.5) is 5.69 Å². The Bertz CT molecular complexity index is 369. The summed E-state index contributed by atoms with van der Waals surface area (Å²) in [4.78, 5) is 0. The van der Waals surface area contributed by atoms with Gasteiger partial charge in [-0.1, -0.05) is 18.2 Å². The van der Waals surface area contributed by atoms with Crippen molar-refractivity contribution in [3.8, 4) is 0 Å². The van der Waals surface area contributed by atoms with E-state index in [9.17, 15) is 0 Å². The van der Waals surface area contributed by atoms with Crippen molar-refractivity contribution in [3.05, 3.63) is 29.8 Å². The zero-order valence-electron chi connectivity index (χ0n) is 7.51. The van der Waals surface area contributed by atoms with Crippen LogP contribution in [-0.4, -0.2) is 17.5 Å². The molecule has 6 nitrogen and oxygen atoms in total. The molecular weight excluding hydrogens is 208 g/mol. The van der Waals surface area contributed by atoms with Gasteiger partial charge in [-0.2, -0.15) is 8.42 Å². The lowest BCUT2D eigenvalue weighted by Crippen LogP contribution is -2.07. The highest BCUT2D eigenvalue weighted by molar-refractivity contribution is 7.79. The van der Waals surface area contributed by atoms with Gasteiger partial charge in [0.1, 0.15) is 0 Å². The highest BCUT2D eigenvalue weighted by Gasteiger charge is 1.89. The first-order valence-electron chi connectivity index (χ1n) is 3.56. The van der Waals surface area contributed by atoms with Crippen LogP contribution in [0, 0.1) is 6.92 Å². The number of para-hydroxylation sites is 1. The van der Waals surface area contributed by atoms with E-state index in [-0.39, 0.29) is 0 Å². The average Bonchev–Trinajstić information content (AvgIpc) is 2.02. The molecule has 0 aliphatic carbocycles. The van der Waals surface area contributed by atoms with Gasteiger partial charge in [-0.3, -0.25) is 14.9 Å². The van der Waals surface area contributed by atoms with Crippen LogP contribution in [0.2, 0.25) is 0 Å². The van der Waals surface area contributed by atoms with Crippen LogP contribution in [0.3, 0.4) is 0 Å². The molecule has 1 aromatic rings. The van der Waals surface area contributed by atoms with Gasteiger partial charge in [0, 0.05) is 0 Å². The van der Waals surface area contributed by atoms with Crippen LogP contribution in [0.1, 0.15) is 5.56 Å². The van der Waals surface area contributed by atoms with E-state index in [4.69, 9.17) is 23.4 Å².